The van der Waals surface area contributed by atoms with Gasteiger partial charge in [0.1, 0.15) is 0 Å². The quantitative estimate of drug-likeness (QED) is 0.783. The number of aryl methyl sites for hydroxylation is 1. The minimum Gasteiger partial charge on any atom is -0.303 e. The van der Waals surface area contributed by atoms with Crippen molar-refractivity contribution >= 4 is 17.0 Å². The SMILES string of the molecule is CCc1ncc(CNC(C)c2nnc3ccccn23)s1. The Morgan fingerprint density at radius 2 is 2.25 bits per heavy atom. The van der Waals surface area contributed by atoms with Crippen molar-refractivity contribution in [2.45, 2.75) is 32.9 Å². The molecule has 1 N–H and O–H groups in total. The fraction of sp³-hybridized carbons (Fsp3) is 0.357. The molecule has 3 aromatic rings. The molecule has 0 saturated heterocycles. The predicted octanol–water partition coefficient (Wildman–Crippen LogP) is 2.60. The van der Waals surface area contributed by atoms with E-state index in [1.165, 1.54) is 9.88 Å². The minimum absolute atomic E-state index is 0.138. The number of rotatable bonds is 5. The van der Waals surface area contributed by atoms with E-state index in [0.717, 1.165) is 24.4 Å². The number of nitrogens with zero attached hydrogens (tertiary/aromatic N) is 4. The van der Waals surface area contributed by atoms with E-state index in [2.05, 4.69) is 34.3 Å². The highest BCUT2D eigenvalue weighted by Gasteiger charge is 2.13. The topological polar surface area (TPSA) is 55.1 Å². The van der Waals surface area contributed by atoms with E-state index in [4.69, 9.17) is 0 Å². The zero-order valence-corrected chi connectivity index (χ0v) is 12.4. The van der Waals surface area contributed by atoms with Crippen LogP contribution >= 0.6 is 11.3 Å². The van der Waals surface area contributed by atoms with Gasteiger partial charge in [-0.05, 0) is 25.5 Å². The summed E-state index contributed by atoms with van der Waals surface area (Å²) >= 11 is 1.76. The van der Waals surface area contributed by atoms with Crippen molar-refractivity contribution in [3.8, 4) is 0 Å². The Kier molecular flexibility index (Phi) is 3.75. The summed E-state index contributed by atoms with van der Waals surface area (Å²) in [6.45, 7) is 5.03. The fourth-order valence-corrected chi connectivity index (χ4v) is 2.91. The van der Waals surface area contributed by atoms with Crippen LogP contribution in [0.3, 0.4) is 0 Å². The fourth-order valence-electron chi connectivity index (χ4n) is 2.09. The molecular formula is C14H17N5S. The van der Waals surface area contributed by atoms with Gasteiger partial charge in [0, 0.05) is 23.8 Å². The predicted molar refractivity (Wildman–Crippen MR) is 79.7 cm³/mol. The van der Waals surface area contributed by atoms with Gasteiger partial charge in [-0.2, -0.15) is 0 Å². The lowest BCUT2D eigenvalue weighted by atomic mass is 10.3. The van der Waals surface area contributed by atoms with Gasteiger partial charge in [-0.3, -0.25) is 4.40 Å². The molecule has 0 aliphatic carbocycles. The Morgan fingerprint density at radius 3 is 3.05 bits per heavy atom. The first kappa shape index (κ1) is 13.2. The lowest BCUT2D eigenvalue weighted by Gasteiger charge is -2.11. The molecule has 0 amide bonds. The van der Waals surface area contributed by atoms with E-state index in [9.17, 15) is 0 Å². The maximum absolute atomic E-state index is 4.37. The summed E-state index contributed by atoms with van der Waals surface area (Å²) in [7, 11) is 0. The van der Waals surface area contributed by atoms with Gasteiger partial charge in [-0.1, -0.05) is 13.0 Å². The van der Waals surface area contributed by atoms with Crippen LogP contribution in [0.5, 0.6) is 0 Å². The second-order valence-corrected chi connectivity index (χ2v) is 5.86. The molecule has 104 valence electrons. The van der Waals surface area contributed by atoms with Gasteiger partial charge in [0.2, 0.25) is 0 Å². The molecular weight excluding hydrogens is 270 g/mol. The molecule has 3 heterocycles. The summed E-state index contributed by atoms with van der Waals surface area (Å²) in [6.07, 6.45) is 4.94. The molecule has 1 unspecified atom stereocenters. The molecule has 3 aromatic heterocycles. The molecule has 0 spiro atoms. The second-order valence-electron chi connectivity index (χ2n) is 4.66. The van der Waals surface area contributed by atoms with Crippen LogP contribution in [0.2, 0.25) is 0 Å². The van der Waals surface area contributed by atoms with Gasteiger partial charge in [0.25, 0.3) is 0 Å². The normalized spacial score (nSPS) is 12.9. The van der Waals surface area contributed by atoms with Crippen molar-refractivity contribution in [1.29, 1.82) is 0 Å². The lowest BCUT2D eigenvalue weighted by molar-refractivity contribution is 0.544. The van der Waals surface area contributed by atoms with Crippen molar-refractivity contribution in [3.05, 3.63) is 46.3 Å². The van der Waals surface area contributed by atoms with Gasteiger partial charge in [-0.15, -0.1) is 21.5 Å². The van der Waals surface area contributed by atoms with Crippen molar-refractivity contribution in [1.82, 2.24) is 24.9 Å². The summed E-state index contributed by atoms with van der Waals surface area (Å²) in [4.78, 5) is 5.62. The molecule has 0 aromatic carbocycles. The van der Waals surface area contributed by atoms with Crippen LogP contribution in [-0.4, -0.2) is 19.6 Å². The van der Waals surface area contributed by atoms with Crippen molar-refractivity contribution in [3.63, 3.8) is 0 Å². The zero-order chi connectivity index (χ0) is 13.9. The molecule has 3 rings (SSSR count). The van der Waals surface area contributed by atoms with Gasteiger partial charge in [0.15, 0.2) is 11.5 Å². The first-order chi connectivity index (χ1) is 9.78. The van der Waals surface area contributed by atoms with E-state index >= 15 is 0 Å². The number of nitrogens with one attached hydrogen (secondary N) is 1. The third-order valence-corrected chi connectivity index (χ3v) is 4.36. The molecule has 20 heavy (non-hydrogen) atoms. The second kappa shape index (κ2) is 5.68. The Bertz CT molecular complexity index is 702. The largest absolute Gasteiger partial charge is 0.303 e. The number of aromatic nitrogens is 4. The number of pyridine rings is 1. The monoisotopic (exact) mass is 287 g/mol. The number of thiazole rings is 1. The average Bonchev–Trinajstić information content (AvgIpc) is 3.11. The zero-order valence-electron chi connectivity index (χ0n) is 11.6. The molecule has 1 atom stereocenters. The number of hydrogen-bond acceptors (Lipinski definition) is 5. The van der Waals surface area contributed by atoms with E-state index < -0.39 is 0 Å². The van der Waals surface area contributed by atoms with Gasteiger partial charge >= 0.3 is 0 Å². The van der Waals surface area contributed by atoms with E-state index in [0.29, 0.717) is 0 Å². The van der Waals surface area contributed by atoms with Crippen LogP contribution in [0.1, 0.15) is 35.6 Å². The smallest absolute Gasteiger partial charge is 0.160 e. The number of fused-ring (bicyclic) bond motifs is 1. The van der Waals surface area contributed by atoms with Crippen LogP contribution in [-0.2, 0) is 13.0 Å². The third kappa shape index (κ3) is 2.57. The summed E-state index contributed by atoms with van der Waals surface area (Å²) < 4.78 is 2.02. The highest BCUT2D eigenvalue weighted by molar-refractivity contribution is 7.11. The third-order valence-electron chi connectivity index (χ3n) is 3.21. The summed E-state index contributed by atoms with van der Waals surface area (Å²) in [5, 5.41) is 13.1. The van der Waals surface area contributed by atoms with Gasteiger partial charge in [0.05, 0.1) is 11.0 Å². The molecule has 0 fully saturated rings. The van der Waals surface area contributed by atoms with Crippen molar-refractivity contribution in [2.75, 3.05) is 0 Å². The molecule has 6 heteroatoms. The molecule has 0 saturated carbocycles. The lowest BCUT2D eigenvalue weighted by Crippen LogP contribution is -2.19. The highest BCUT2D eigenvalue weighted by atomic mass is 32.1. The van der Waals surface area contributed by atoms with Crippen LogP contribution in [0.25, 0.3) is 5.65 Å². The first-order valence-electron chi connectivity index (χ1n) is 6.74. The standard InChI is InChI=1S/C14H17N5S/c1-3-13-16-9-11(20-13)8-15-10(2)14-18-17-12-6-4-5-7-19(12)14/h4-7,9-10,15H,3,8H2,1-2H3. The maximum atomic E-state index is 4.37. The van der Waals surface area contributed by atoms with Crippen LogP contribution in [0, 0.1) is 0 Å². The van der Waals surface area contributed by atoms with E-state index in [1.807, 2.05) is 35.0 Å². The van der Waals surface area contributed by atoms with Gasteiger partial charge < -0.3 is 5.32 Å². The van der Waals surface area contributed by atoms with E-state index in [1.54, 1.807) is 11.3 Å². The van der Waals surface area contributed by atoms with Crippen LogP contribution in [0.4, 0.5) is 0 Å². The van der Waals surface area contributed by atoms with Gasteiger partial charge in [-0.25, -0.2) is 4.98 Å². The average molecular weight is 287 g/mol. The van der Waals surface area contributed by atoms with E-state index in [-0.39, 0.29) is 6.04 Å². The Balaban J connectivity index is 1.71. The minimum atomic E-state index is 0.138. The van der Waals surface area contributed by atoms with Crippen molar-refractivity contribution in [2.24, 2.45) is 0 Å². The molecule has 5 nitrogen and oxygen atoms in total. The molecule has 0 radical (unpaired) electrons. The maximum Gasteiger partial charge on any atom is 0.160 e. The first-order valence-corrected chi connectivity index (χ1v) is 7.56. The Hall–Kier alpha value is -1.79. The Labute approximate surface area is 121 Å². The molecule has 0 aliphatic rings. The summed E-state index contributed by atoms with van der Waals surface area (Å²) in [6, 6.07) is 6.05. The molecule has 0 bridgehead atoms. The summed E-state index contributed by atoms with van der Waals surface area (Å²) in [5.41, 5.74) is 0.877. The van der Waals surface area contributed by atoms with Crippen LogP contribution in [0.15, 0.2) is 30.6 Å². The van der Waals surface area contributed by atoms with Crippen LogP contribution < -0.4 is 5.32 Å². The molecule has 0 aliphatic heterocycles. The highest BCUT2D eigenvalue weighted by Crippen LogP contribution is 2.16. The number of hydrogen-bond donors (Lipinski definition) is 1. The van der Waals surface area contributed by atoms with Crippen molar-refractivity contribution < 1.29 is 0 Å². The Morgan fingerprint density at radius 1 is 1.35 bits per heavy atom. The summed E-state index contributed by atoms with van der Waals surface area (Å²) in [5.74, 6) is 0.931.